The van der Waals surface area contributed by atoms with Crippen LogP contribution in [-0.4, -0.2) is 20.5 Å². The van der Waals surface area contributed by atoms with Crippen molar-refractivity contribution in [1.29, 1.82) is 0 Å². The average Bonchev–Trinajstić information content (AvgIpc) is 2.71. The molecule has 108 valence electrons. The Bertz CT molecular complexity index is 744. The highest BCUT2D eigenvalue weighted by atomic mass is 35.5. The average molecular weight is 353 g/mol. The van der Waals surface area contributed by atoms with Crippen LogP contribution in [0.5, 0.6) is 5.75 Å². The summed E-state index contributed by atoms with van der Waals surface area (Å²) in [4.78, 5) is 3.92. The van der Waals surface area contributed by atoms with Crippen molar-refractivity contribution in [2.24, 2.45) is 0 Å². The lowest BCUT2D eigenvalue weighted by molar-refractivity contribution is 0.415. The van der Waals surface area contributed by atoms with E-state index < -0.39 is 10.0 Å². The van der Waals surface area contributed by atoms with E-state index in [4.69, 9.17) is 27.9 Å². The summed E-state index contributed by atoms with van der Waals surface area (Å²) in [6.45, 7) is 1.82. The van der Waals surface area contributed by atoms with Crippen molar-refractivity contribution in [2.45, 2.75) is 11.8 Å². The molecule has 0 aromatic carbocycles. The van der Waals surface area contributed by atoms with Crippen molar-refractivity contribution in [3.63, 3.8) is 0 Å². The van der Waals surface area contributed by atoms with Gasteiger partial charge in [0, 0.05) is 6.20 Å². The maximum atomic E-state index is 12.2. The second-order valence-corrected chi connectivity index (χ2v) is 7.79. The molecule has 0 bridgehead atoms. The number of halogens is 2. The lowest BCUT2D eigenvalue weighted by Crippen LogP contribution is -2.14. The first-order chi connectivity index (χ1) is 9.33. The number of ether oxygens (including phenoxy) is 1. The molecule has 2 aromatic rings. The maximum Gasteiger partial charge on any atom is 0.265 e. The lowest BCUT2D eigenvalue weighted by atomic mass is 10.3. The molecule has 0 aliphatic carbocycles. The number of sulfonamides is 1. The van der Waals surface area contributed by atoms with E-state index >= 15 is 0 Å². The van der Waals surface area contributed by atoms with Crippen molar-refractivity contribution in [1.82, 2.24) is 4.98 Å². The van der Waals surface area contributed by atoms with E-state index in [1.165, 1.54) is 19.4 Å². The number of anilines is 1. The number of aryl methyl sites for hydroxylation is 1. The Labute approximate surface area is 130 Å². The molecule has 9 heteroatoms. The molecule has 0 spiro atoms. The zero-order valence-electron chi connectivity index (χ0n) is 10.5. The van der Waals surface area contributed by atoms with Gasteiger partial charge in [-0.3, -0.25) is 4.72 Å². The largest absolute Gasteiger partial charge is 0.493 e. The number of hydrogen-bond acceptors (Lipinski definition) is 5. The van der Waals surface area contributed by atoms with Gasteiger partial charge in [0.1, 0.15) is 9.23 Å². The molecular weight excluding hydrogens is 343 g/mol. The van der Waals surface area contributed by atoms with Crippen LogP contribution in [0.15, 0.2) is 23.2 Å². The quantitative estimate of drug-likeness (QED) is 0.913. The van der Waals surface area contributed by atoms with E-state index in [0.717, 1.165) is 16.9 Å². The van der Waals surface area contributed by atoms with Crippen molar-refractivity contribution in [2.75, 3.05) is 11.8 Å². The second-order valence-electron chi connectivity index (χ2n) is 3.86. The van der Waals surface area contributed by atoms with Crippen LogP contribution in [0.2, 0.25) is 8.67 Å². The number of thiophene rings is 1. The lowest BCUT2D eigenvalue weighted by Gasteiger charge is -2.10. The third-order valence-corrected chi connectivity index (χ3v) is 5.45. The summed E-state index contributed by atoms with van der Waals surface area (Å²) in [5.74, 6) is 0.419. The highest BCUT2D eigenvalue weighted by Crippen LogP contribution is 2.35. The zero-order chi connectivity index (χ0) is 14.9. The summed E-state index contributed by atoms with van der Waals surface area (Å²) < 4.78 is 32.3. The fraction of sp³-hybridized carbons (Fsp3) is 0.182. The summed E-state index contributed by atoms with van der Waals surface area (Å²) in [5.41, 5.74) is 0.849. The molecule has 1 N–H and O–H groups in total. The summed E-state index contributed by atoms with van der Waals surface area (Å²) in [7, 11) is -2.43. The standard InChI is InChI=1S/C11H10Cl2N2O3S2/c1-6-3-7(18-2)11(14-5-6)15-20(16,17)8-4-9(12)19-10(8)13/h3-5H,1-2H3,(H,14,15). The van der Waals surface area contributed by atoms with Gasteiger partial charge < -0.3 is 4.74 Å². The van der Waals surface area contributed by atoms with Gasteiger partial charge in [-0.1, -0.05) is 23.2 Å². The summed E-state index contributed by atoms with van der Waals surface area (Å²) in [5, 5.41) is 0. The van der Waals surface area contributed by atoms with Crippen molar-refractivity contribution in [3.8, 4) is 5.75 Å². The maximum absolute atomic E-state index is 12.2. The molecule has 0 atom stereocenters. The van der Waals surface area contributed by atoms with Gasteiger partial charge in [0.2, 0.25) is 0 Å². The monoisotopic (exact) mass is 352 g/mol. The van der Waals surface area contributed by atoms with E-state index in [0.29, 0.717) is 10.1 Å². The number of pyridine rings is 1. The molecule has 5 nitrogen and oxygen atoms in total. The van der Waals surface area contributed by atoms with Gasteiger partial charge in [0.15, 0.2) is 11.6 Å². The molecule has 0 unspecified atom stereocenters. The van der Waals surface area contributed by atoms with Gasteiger partial charge in [-0.25, -0.2) is 13.4 Å². The van der Waals surface area contributed by atoms with Crippen LogP contribution in [0, 0.1) is 6.92 Å². The van der Waals surface area contributed by atoms with E-state index in [-0.39, 0.29) is 15.0 Å². The number of aromatic nitrogens is 1. The summed E-state index contributed by atoms with van der Waals surface area (Å²) >= 11 is 12.6. The number of hydrogen-bond donors (Lipinski definition) is 1. The first-order valence-electron chi connectivity index (χ1n) is 5.32. The molecule has 2 aromatic heterocycles. The highest BCUT2D eigenvalue weighted by molar-refractivity contribution is 7.93. The van der Waals surface area contributed by atoms with Gasteiger partial charge in [-0.15, -0.1) is 11.3 Å². The van der Waals surface area contributed by atoms with Crippen LogP contribution in [0.25, 0.3) is 0 Å². The molecule has 2 heterocycles. The van der Waals surface area contributed by atoms with Crippen molar-refractivity contribution < 1.29 is 13.2 Å². The minimum atomic E-state index is -3.87. The molecular formula is C11H10Cl2N2O3S2. The fourth-order valence-electron chi connectivity index (χ4n) is 1.47. The van der Waals surface area contributed by atoms with Gasteiger partial charge in [-0.05, 0) is 24.6 Å². The summed E-state index contributed by atoms with van der Waals surface area (Å²) in [6, 6.07) is 2.96. The number of methoxy groups -OCH3 is 1. The molecule has 0 radical (unpaired) electrons. The van der Waals surface area contributed by atoms with E-state index in [9.17, 15) is 8.42 Å². The van der Waals surface area contributed by atoms with Crippen LogP contribution < -0.4 is 9.46 Å². The predicted molar refractivity (Wildman–Crippen MR) is 80.7 cm³/mol. The molecule has 20 heavy (non-hydrogen) atoms. The highest BCUT2D eigenvalue weighted by Gasteiger charge is 2.23. The number of nitrogens with zero attached hydrogens (tertiary/aromatic N) is 1. The minimum Gasteiger partial charge on any atom is -0.493 e. The Hall–Kier alpha value is -1.02. The third-order valence-electron chi connectivity index (χ3n) is 2.36. The molecule has 0 fully saturated rings. The molecule has 2 rings (SSSR count). The van der Waals surface area contributed by atoms with Crippen molar-refractivity contribution in [3.05, 3.63) is 32.6 Å². The first-order valence-corrected chi connectivity index (χ1v) is 8.37. The van der Waals surface area contributed by atoms with Crippen LogP contribution in [0.4, 0.5) is 5.82 Å². The van der Waals surface area contributed by atoms with E-state index in [1.54, 1.807) is 6.07 Å². The second kappa shape index (κ2) is 5.77. The molecule has 0 saturated carbocycles. The SMILES string of the molecule is COc1cc(C)cnc1NS(=O)(=O)c1cc(Cl)sc1Cl. The van der Waals surface area contributed by atoms with Gasteiger partial charge in [0.05, 0.1) is 11.4 Å². The van der Waals surface area contributed by atoms with Crippen LogP contribution in [0.3, 0.4) is 0 Å². The Kier molecular flexibility index (Phi) is 4.43. The number of rotatable bonds is 4. The Morgan fingerprint density at radius 1 is 1.35 bits per heavy atom. The number of nitrogens with one attached hydrogen (secondary N) is 1. The molecule has 0 saturated heterocycles. The Balaban J connectivity index is 2.41. The predicted octanol–water partition coefficient (Wildman–Crippen LogP) is 3.57. The fourth-order valence-corrected chi connectivity index (χ4v) is 4.64. The third kappa shape index (κ3) is 3.17. The van der Waals surface area contributed by atoms with Gasteiger partial charge in [0.25, 0.3) is 10.0 Å². The molecule has 0 amide bonds. The molecule has 0 aliphatic rings. The molecule has 0 aliphatic heterocycles. The zero-order valence-corrected chi connectivity index (χ0v) is 13.6. The van der Waals surface area contributed by atoms with Gasteiger partial charge >= 0.3 is 0 Å². The summed E-state index contributed by atoms with van der Waals surface area (Å²) in [6.07, 6.45) is 1.53. The van der Waals surface area contributed by atoms with Crippen molar-refractivity contribution >= 4 is 50.4 Å². The Morgan fingerprint density at radius 2 is 2.05 bits per heavy atom. The minimum absolute atomic E-state index is 0.0846. The normalized spacial score (nSPS) is 11.4. The van der Waals surface area contributed by atoms with Gasteiger partial charge in [-0.2, -0.15) is 0 Å². The van der Waals surface area contributed by atoms with Crippen LogP contribution in [-0.2, 0) is 10.0 Å². The van der Waals surface area contributed by atoms with Crippen LogP contribution in [0.1, 0.15) is 5.56 Å². The van der Waals surface area contributed by atoms with E-state index in [2.05, 4.69) is 9.71 Å². The Morgan fingerprint density at radius 3 is 2.60 bits per heavy atom. The van der Waals surface area contributed by atoms with Crippen LogP contribution >= 0.6 is 34.5 Å². The van der Waals surface area contributed by atoms with E-state index in [1.807, 2.05) is 6.92 Å². The topological polar surface area (TPSA) is 68.3 Å². The smallest absolute Gasteiger partial charge is 0.265 e. The first kappa shape index (κ1) is 15.4.